The summed E-state index contributed by atoms with van der Waals surface area (Å²) in [5.41, 5.74) is 2.96. The quantitative estimate of drug-likeness (QED) is 0.648. The largest absolute Gasteiger partial charge is 0.338 e. The zero-order valence-corrected chi connectivity index (χ0v) is 18.3. The molecule has 1 fully saturated rings. The SMILES string of the molecule is CC(C)N1Cc2cc(Nc3nn([C@H]4CCCC[C@@H]4C#N)c4cc[nH]c(=O)c34)ccc2C1=O. The number of carbonyl (C=O) groups is 1. The number of nitrogens with zero attached hydrogens (tertiary/aromatic N) is 4. The van der Waals surface area contributed by atoms with E-state index in [1.165, 1.54) is 0 Å². The fourth-order valence-electron chi connectivity index (χ4n) is 4.97. The lowest BCUT2D eigenvalue weighted by Gasteiger charge is -2.27. The summed E-state index contributed by atoms with van der Waals surface area (Å²) >= 11 is 0. The maximum Gasteiger partial charge on any atom is 0.261 e. The Hall–Kier alpha value is -3.60. The summed E-state index contributed by atoms with van der Waals surface area (Å²) < 4.78 is 1.86. The van der Waals surface area contributed by atoms with Crippen LogP contribution in [0.3, 0.4) is 0 Å². The fourth-order valence-corrected chi connectivity index (χ4v) is 4.97. The maximum atomic E-state index is 12.7. The van der Waals surface area contributed by atoms with Gasteiger partial charge in [-0.15, -0.1) is 0 Å². The number of anilines is 2. The van der Waals surface area contributed by atoms with Gasteiger partial charge in [0.25, 0.3) is 11.5 Å². The van der Waals surface area contributed by atoms with Gasteiger partial charge < -0.3 is 15.2 Å². The Kier molecular flexibility index (Phi) is 4.97. The van der Waals surface area contributed by atoms with Gasteiger partial charge in [-0.25, -0.2) is 0 Å². The first-order valence-electron chi connectivity index (χ1n) is 11.2. The average molecular weight is 431 g/mol. The summed E-state index contributed by atoms with van der Waals surface area (Å²) in [6, 6.07) is 10.00. The summed E-state index contributed by atoms with van der Waals surface area (Å²) in [5.74, 6) is 0.397. The minimum absolute atomic E-state index is 0.0487. The number of hydrogen-bond acceptors (Lipinski definition) is 5. The van der Waals surface area contributed by atoms with E-state index in [-0.39, 0.29) is 29.5 Å². The summed E-state index contributed by atoms with van der Waals surface area (Å²) in [5, 5.41) is 18.2. The van der Waals surface area contributed by atoms with Crippen LogP contribution in [0, 0.1) is 17.2 Å². The van der Waals surface area contributed by atoms with Gasteiger partial charge in [0, 0.05) is 30.0 Å². The standard InChI is InChI=1S/C24H26N6O2/c1-14(2)29-13-16-11-17(7-8-18(16)24(29)32)27-22-21-20(9-10-26-23(21)31)30(28-22)19-6-4-3-5-15(19)12-25/h7-11,14-15,19H,3-6,13H2,1-2H3,(H,26,31)(H,27,28)/t15-,19+/m1/s1. The van der Waals surface area contributed by atoms with Crippen molar-refractivity contribution in [1.82, 2.24) is 19.7 Å². The molecule has 2 atom stereocenters. The highest BCUT2D eigenvalue weighted by atomic mass is 16.2. The zero-order chi connectivity index (χ0) is 22.4. The van der Waals surface area contributed by atoms with Crippen LogP contribution in [-0.4, -0.2) is 31.6 Å². The molecule has 0 saturated heterocycles. The van der Waals surface area contributed by atoms with E-state index in [0.717, 1.165) is 48.0 Å². The number of benzene rings is 1. The topological polar surface area (TPSA) is 107 Å². The highest BCUT2D eigenvalue weighted by Crippen LogP contribution is 2.37. The van der Waals surface area contributed by atoms with E-state index >= 15 is 0 Å². The smallest absolute Gasteiger partial charge is 0.261 e. The molecule has 3 aromatic rings. The molecule has 32 heavy (non-hydrogen) atoms. The van der Waals surface area contributed by atoms with E-state index in [2.05, 4.69) is 16.4 Å². The Bertz CT molecular complexity index is 1300. The first kappa shape index (κ1) is 20.3. The second-order valence-corrected chi connectivity index (χ2v) is 8.97. The van der Waals surface area contributed by atoms with Crippen molar-refractivity contribution in [2.75, 3.05) is 5.32 Å². The van der Waals surface area contributed by atoms with Crippen LogP contribution in [0.1, 0.15) is 61.5 Å². The Morgan fingerprint density at radius 3 is 2.81 bits per heavy atom. The highest BCUT2D eigenvalue weighted by Gasteiger charge is 2.31. The highest BCUT2D eigenvalue weighted by molar-refractivity contribution is 5.99. The molecule has 0 unspecified atom stereocenters. The van der Waals surface area contributed by atoms with Crippen molar-refractivity contribution in [2.24, 2.45) is 5.92 Å². The molecule has 8 nitrogen and oxygen atoms in total. The second-order valence-electron chi connectivity index (χ2n) is 8.97. The molecule has 164 valence electrons. The molecule has 5 rings (SSSR count). The summed E-state index contributed by atoms with van der Waals surface area (Å²) in [7, 11) is 0. The van der Waals surface area contributed by atoms with Crippen molar-refractivity contribution in [3.63, 3.8) is 0 Å². The van der Waals surface area contributed by atoms with Crippen LogP contribution in [0.2, 0.25) is 0 Å². The first-order chi connectivity index (χ1) is 15.5. The Morgan fingerprint density at radius 2 is 2.03 bits per heavy atom. The lowest BCUT2D eigenvalue weighted by molar-refractivity contribution is 0.0730. The fraction of sp³-hybridized carbons (Fsp3) is 0.417. The van der Waals surface area contributed by atoms with Crippen molar-refractivity contribution in [1.29, 1.82) is 5.26 Å². The van der Waals surface area contributed by atoms with Gasteiger partial charge in [-0.1, -0.05) is 12.8 Å². The number of rotatable bonds is 4. The molecular weight excluding hydrogens is 404 g/mol. The predicted molar refractivity (Wildman–Crippen MR) is 122 cm³/mol. The predicted octanol–water partition coefficient (Wildman–Crippen LogP) is 4.09. The third-order valence-electron chi connectivity index (χ3n) is 6.66. The van der Waals surface area contributed by atoms with E-state index < -0.39 is 0 Å². The van der Waals surface area contributed by atoms with Gasteiger partial charge in [0.05, 0.1) is 23.5 Å². The Labute approximate surface area is 185 Å². The molecule has 2 N–H and O–H groups in total. The first-order valence-corrected chi connectivity index (χ1v) is 11.2. The number of pyridine rings is 1. The average Bonchev–Trinajstić information content (AvgIpc) is 3.32. The molecule has 0 radical (unpaired) electrons. The van der Waals surface area contributed by atoms with Gasteiger partial charge in [-0.3, -0.25) is 14.3 Å². The lowest BCUT2D eigenvalue weighted by atomic mass is 9.85. The molecule has 2 aliphatic rings. The van der Waals surface area contributed by atoms with Crippen LogP contribution in [0.25, 0.3) is 10.9 Å². The molecule has 1 aromatic carbocycles. The Balaban J connectivity index is 1.54. The monoisotopic (exact) mass is 430 g/mol. The van der Waals surface area contributed by atoms with Crippen LogP contribution < -0.4 is 10.9 Å². The molecular formula is C24H26N6O2. The van der Waals surface area contributed by atoms with E-state index in [1.807, 2.05) is 47.7 Å². The number of H-pyrrole nitrogens is 1. The second kappa shape index (κ2) is 7.83. The number of nitrogens with one attached hydrogen (secondary N) is 2. The van der Waals surface area contributed by atoms with Crippen LogP contribution in [0.4, 0.5) is 11.5 Å². The zero-order valence-electron chi connectivity index (χ0n) is 18.3. The van der Waals surface area contributed by atoms with Crippen molar-refractivity contribution >= 4 is 28.3 Å². The van der Waals surface area contributed by atoms with E-state index in [1.54, 1.807) is 6.20 Å². The Morgan fingerprint density at radius 1 is 1.22 bits per heavy atom. The van der Waals surface area contributed by atoms with Crippen molar-refractivity contribution in [3.8, 4) is 6.07 Å². The lowest BCUT2D eigenvalue weighted by Crippen LogP contribution is -2.30. The molecule has 1 amide bonds. The molecule has 3 heterocycles. The van der Waals surface area contributed by atoms with Crippen LogP contribution in [0.5, 0.6) is 0 Å². The van der Waals surface area contributed by atoms with E-state index in [9.17, 15) is 14.9 Å². The van der Waals surface area contributed by atoms with Gasteiger partial charge in [-0.2, -0.15) is 10.4 Å². The molecule has 8 heteroatoms. The van der Waals surface area contributed by atoms with Crippen LogP contribution in [-0.2, 0) is 6.54 Å². The molecule has 0 spiro atoms. The maximum absolute atomic E-state index is 12.7. The van der Waals surface area contributed by atoms with Gasteiger partial charge in [-0.05, 0) is 56.5 Å². The third-order valence-corrected chi connectivity index (χ3v) is 6.66. The van der Waals surface area contributed by atoms with Crippen molar-refractivity contribution in [3.05, 3.63) is 51.9 Å². The molecule has 1 aliphatic carbocycles. The van der Waals surface area contributed by atoms with E-state index in [0.29, 0.717) is 17.7 Å². The number of hydrogen-bond donors (Lipinski definition) is 2. The van der Waals surface area contributed by atoms with Gasteiger partial charge >= 0.3 is 0 Å². The normalized spacial score (nSPS) is 20.6. The number of aromatic amines is 1. The molecule has 0 bridgehead atoms. The number of fused-ring (bicyclic) bond motifs is 2. The number of carbonyl (C=O) groups excluding carboxylic acids is 1. The summed E-state index contributed by atoms with van der Waals surface area (Å²) in [6.45, 7) is 4.59. The summed E-state index contributed by atoms with van der Waals surface area (Å²) in [6.07, 6.45) is 5.42. The van der Waals surface area contributed by atoms with Crippen molar-refractivity contribution < 1.29 is 4.79 Å². The molecule has 1 aliphatic heterocycles. The van der Waals surface area contributed by atoms with Gasteiger partial charge in [0.2, 0.25) is 0 Å². The minimum atomic E-state index is -0.220. The van der Waals surface area contributed by atoms with Gasteiger partial charge in [0.1, 0.15) is 5.39 Å². The number of nitriles is 1. The molecule has 1 saturated carbocycles. The molecule has 2 aromatic heterocycles. The minimum Gasteiger partial charge on any atom is -0.338 e. The third kappa shape index (κ3) is 3.25. The summed E-state index contributed by atoms with van der Waals surface area (Å²) in [4.78, 5) is 29.9. The number of aromatic nitrogens is 3. The van der Waals surface area contributed by atoms with E-state index in [4.69, 9.17) is 5.10 Å². The van der Waals surface area contributed by atoms with Gasteiger partial charge in [0.15, 0.2) is 5.82 Å². The van der Waals surface area contributed by atoms with Crippen molar-refractivity contribution in [2.45, 2.75) is 58.2 Å². The van der Waals surface area contributed by atoms with Crippen LogP contribution in [0.15, 0.2) is 35.3 Å². The van der Waals surface area contributed by atoms with Crippen LogP contribution >= 0.6 is 0 Å². The number of amides is 1.